The Morgan fingerprint density at radius 3 is 2.58 bits per heavy atom. The molecule has 4 rings (SSSR count). The van der Waals surface area contributed by atoms with Gasteiger partial charge in [0.15, 0.2) is 0 Å². The molecule has 130 valence electrons. The van der Waals surface area contributed by atoms with E-state index in [9.17, 15) is 4.79 Å². The number of anilines is 3. The molecule has 2 heterocycles. The molecule has 1 N–H and O–H groups in total. The molecule has 4 heteroatoms. The molecule has 26 heavy (non-hydrogen) atoms. The molecule has 0 fully saturated rings. The van der Waals surface area contributed by atoms with Gasteiger partial charge in [-0.25, -0.2) is 0 Å². The van der Waals surface area contributed by atoms with Crippen LogP contribution in [0.25, 0.3) is 0 Å². The lowest BCUT2D eigenvalue weighted by Gasteiger charge is -2.17. The van der Waals surface area contributed by atoms with Crippen molar-refractivity contribution >= 4 is 23.0 Å². The first-order chi connectivity index (χ1) is 12.6. The molecule has 0 atom stereocenters. The number of nitrogens with zero attached hydrogens (tertiary/aromatic N) is 2. The molecule has 4 nitrogen and oxygen atoms in total. The van der Waals surface area contributed by atoms with Crippen molar-refractivity contribution in [3.63, 3.8) is 0 Å². The first kappa shape index (κ1) is 16.3. The highest BCUT2D eigenvalue weighted by atomic mass is 16.2. The Balaban J connectivity index is 1.59. The Morgan fingerprint density at radius 1 is 1.00 bits per heavy atom. The molecule has 2 aromatic carbocycles. The molecule has 0 unspecified atom stereocenters. The number of benzene rings is 2. The quantitative estimate of drug-likeness (QED) is 0.753. The van der Waals surface area contributed by atoms with E-state index in [0.29, 0.717) is 12.2 Å². The summed E-state index contributed by atoms with van der Waals surface area (Å²) in [5.41, 5.74) is 6.94. The first-order valence-electron chi connectivity index (χ1n) is 8.81. The van der Waals surface area contributed by atoms with Gasteiger partial charge in [-0.05, 0) is 67.3 Å². The van der Waals surface area contributed by atoms with Crippen molar-refractivity contribution in [1.82, 2.24) is 4.98 Å². The summed E-state index contributed by atoms with van der Waals surface area (Å²) in [7, 11) is 0. The Bertz CT molecular complexity index is 960. The van der Waals surface area contributed by atoms with Gasteiger partial charge in [0, 0.05) is 29.8 Å². The predicted octanol–water partition coefficient (Wildman–Crippen LogP) is 4.64. The fraction of sp³-hybridized carbons (Fsp3) is 0.182. The van der Waals surface area contributed by atoms with Crippen LogP contribution in [0.1, 0.15) is 27.2 Å². The maximum absolute atomic E-state index is 13.0. The number of aromatic nitrogens is 1. The van der Waals surface area contributed by atoms with Crippen molar-refractivity contribution in [1.29, 1.82) is 0 Å². The summed E-state index contributed by atoms with van der Waals surface area (Å²) in [6, 6.07) is 18.1. The molecule has 3 aromatic rings. The normalized spacial score (nSPS) is 12.8. The van der Waals surface area contributed by atoms with Crippen LogP contribution in [0.5, 0.6) is 0 Å². The zero-order chi connectivity index (χ0) is 18.1. The maximum Gasteiger partial charge on any atom is 0.276 e. The van der Waals surface area contributed by atoms with Gasteiger partial charge in [0.1, 0.15) is 5.69 Å². The van der Waals surface area contributed by atoms with Gasteiger partial charge in [-0.3, -0.25) is 9.78 Å². The Labute approximate surface area is 153 Å². The van der Waals surface area contributed by atoms with E-state index in [0.717, 1.165) is 23.5 Å². The Hall–Kier alpha value is -3.14. The molecule has 0 aliphatic carbocycles. The van der Waals surface area contributed by atoms with Gasteiger partial charge in [-0.1, -0.05) is 24.3 Å². The number of fused-ring (bicyclic) bond motifs is 1. The van der Waals surface area contributed by atoms with Crippen LogP contribution in [0.15, 0.2) is 60.8 Å². The lowest BCUT2D eigenvalue weighted by atomic mass is 10.1. The zero-order valence-corrected chi connectivity index (χ0v) is 15.0. The number of pyridine rings is 1. The van der Waals surface area contributed by atoms with Crippen LogP contribution < -0.4 is 10.2 Å². The zero-order valence-electron chi connectivity index (χ0n) is 15.0. The van der Waals surface area contributed by atoms with Gasteiger partial charge in [0.2, 0.25) is 0 Å². The number of amides is 1. The summed E-state index contributed by atoms with van der Waals surface area (Å²) in [5.74, 6) is -0.0565. The fourth-order valence-corrected chi connectivity index (χ4v) is 3.53. The van der Waals surface area contributed by atoms with Gasteiger partial charge in [-0.2, -0.15) is 0 Å². The van der Waals surface area contributed by atoms with Crippen LogP contribution in [-0.2, 0) is 6.42 Å². The Morgan fingerprint density at radius 2 is 1.77 bits per heavy atom. The smallest absolute Gasteiger partial charge is 0.276 e. The molecule has 1 aliphatic heterocycles. The van der Waals surface area contributed by atoms with E-state index in [-0.39, 0.29) is 5.91 Å². The average Bonchev–Trinajstić information content (AvgIpc) is 3.04. The molecule has 1 amide bonds. The van der Waals surface area contributed by atoms with Crippen LogP contribution in [0.4, 0.5) is 17.1 Å². The van der Waals surface area contributed by atoms with E-state index >= 15 is 0 Å². The average molecular weight is 343 g/mol. The van der Waals surface area contributed by atoms with E-state index in [1.165, 1.54) is 16.7 Å². The number of para-hydroxylation sites is 1. The third kappa shape index (κ3) is 3.18. The third-order valence-electron chi connectivity index (χ3n) is 4.62. The second kappa shape index (κ2) is 6.64. The van der Waals surface area contributed by atoms with E-state index < -0.39 is 0 Å². The molecule has 0 spiro atoms. The third-order valence-corrected chi connectivity index (χ3v) is 4.62. The minimum atomic E-state index is -0.0565. The monoisotopic (exact) mass is 343 g/mol. The highest BCUT2D eigenvalue weighted by Gasteiger charge is 2.25. The molecule has 1 aromatic heterocycles. The summed E-state index contributed by atoms with van der Waals surface area (Å²) < 4.78 is 0. The number of rotatable bonds is 3. The molecule has 0 radical (unpaired) electrons. The predicted molar refractivity (Wildman–Crippen MR) is 105 cm³/mol. The second-order valence-electron chi connectivity index (χ2n) is 6.77. The van der Waals surface area contributed by atoms with Gasteiger partial charge in [-0.15, -0.1) is 0 Å². The lowest BCUT2D eigenvalue weighted by molar-refractivity contribution is 0.0984. The van der Waals surface area contributed by atoms with E-state index in [1.54, 1.807) is 6.20 Å². The number of hydrogen-bond donors (Lipinski definition) is 1. The van der Waals surface area contributed by atoms with E-state index in [2.05, 4.69) is 48.4 Å². The van der Waals surface area contributed by atoms with Crippen molar-refractivity contribution in [2.45, 2.75) is 20.3 Å². The van der Waals surface area contributed by atoms with Crippen LogP contribution in [0.3, 0.4) is 0 Å². The molecule has 0 bridgehead atoms. The van der Waals surface area contributed by atoms with E-state index in [1.807, 2.05) is 35.2 Å². The minimum Gasteiger partial charge on any atom is -0.355 e. The second-order valence-corrected chi connectivity index (χ2v) is 6.77. The number of carbonyl (C=O) groups is 1. The molecule has 1 aliphatic rings. The Kier molecular flexibility index (Phi) is 4.17. The van der Waals surface area contributed by atoms with Gasteiger partial charge in [0.25, 0.3) is 5.91 Å². The summed E-state index contributed by atoms with van der Waals surface area (Å²) in [5, 5.41) is 3.38. The number of aryl methyl sites for hydroxylation is 2. The first-order valence-corrected chi connectivity index (χ1v) is 8.81. The van der Waals surface area contributed by atoms with Crippen LogP contribution in [0, 0.1) is 13.8 Å². The van der Waals surface area contributed by atoms with Crippen molar-refractivity contribution in [2.75, 3.05) is 16.8 Å². The van der Waals surface area contributed by atoms with Crippen molar-refractivity contribution in [3.8, 4) is 0 Å². The van der Waals surface area contributed by atoms with Gasteiger partial charge < -0.3 is 10.2 Å². The highest BCUT2D eigenvalue weighted by Crippen LogP contribution is 2.29. The summed E-state index contributed by atoms with van der Waals surface area (Å²) in [6.45, 7) is 4.85. The summed E-state index contributed by atoms with van der Waals surface area (Å²) >= 11 is 0. The number of carbonyl (C=O) groups excluding carboxylic acids is 1. The molecule has 0 saturated heterocycles. The maximum atomic E-state index is 13.0. The van der Waals surface area contributed by atoms with Crippen molar-refractivity contribution < 1.29 is 4.79 Å². The van der Waals surface area contributed by atoms with Crippen LogP contribution in [0.2, 0.25) is 0 Å². The SMILES string of the molecule is Cc1cc(C)cc(Nc2ccnc(C(=O)N3CCc4ccccc43)c2)c1. The lowest BCUT2D eigenvalue weighted by Crippen LogP contribution is -2.29. The van der Waals surface area contributed by atoms with Gasteiger partial charge in [0.05, 0.1) is 0 Å². The standard InChI is InChI=1S/C22H21N3O/c1-15-11-16(2)13-19(12-15)24-18-7-9-23-20(14-18)22(26)25-10-8-17-5-3-4-6-21(17)25/h3-7,9,11-14H,8,10H2,1-2H3,(H,23,24). The summed E-state index contributed by atoms with van der Waals surface area (Å²) in [4.78, 5) is 19.1. The van der Waals surface area contributed by atoms with Crippen molar-refractivity contribution in [3.05, 3.63) is 83.2 Å². The summed E-state index contributed by atoms with van der Waals surface area (Å²) in [6.07, 6.45) is 2.57. The largest absolute Gasteiger partial charge is 0.355 e. The van der Waals surface area contributed by atoms with Crippen molar-refractivity contribution in [2.24, 2.45) is 0 Å². The minimum absolute atomic E-state index is 0.0565. The highest BCUT2D eigenvalue weighted by molar-refractivity contribution is 6.06. The van der Waals surface area contributed by atoms with Crippen LogP contribution in [-0.4, -0.2) is 17.4 Å². The topological polar surface area (TPSA) is 45.2 Å². The number of hydrogen-bond acceptors (Lipinski definition) is 3. The van der Waals surface area contributed by atoms with Gasteiger partial charge >= 0.3 is 0 Å². The van der Waals surface area contributed by atoms with Crippen LogP contribution >= 0.6 is 0 Å². The fourth-order valence-electron chi connectivity index (χ4n) is 3.53. The molecule has 0 saturated carbocycles. The molecular formula is C22H21N3O. The van der Waals surface area contributed by atoms with E-state index in [4.69, 9.17) is 0 Å². The molecular weight excluding hydrogens is 322 g/mol. The number of nitrogens with one attached hydrogen (secondary N) is 1.